The molecule has 7 heteroatoms. The quantitative estimate of drug-likeness (QED) is 0.883. The number of halogens is 2. The monoisotopic (exact) mass is 307 g/mol. The summed E-state index contributed by atoms with van der Waals surface area (Å²) in [5.41, 5.74) is -0.740. The van der Waals surface area contributed by atoms with E-state index in [1.165, 1.54) is 6.20 Å². The van der Waals surface area contributed by atoms with Crippen LogP contribution in [0.3, 0.4) is 0 Å². The van der Waals surface area contributed by atoms with E-state index >= 15 is 0 Å². The lowest BCUT2D eigenvalue weighted by Crippen LogP contribution is -2.17. The van der Waals surface area contributed by atoms with Crippen molar-refractivity contribution in [3.05, 3.63) is 46.3 Å². The Morgan fingerprint density at radius 1 is 1.45 bits per heavy atom. The Hall–Kier alpha value is -2.70. The zero-order chi connectivity index (χ0) is 16.0. The molecular weight excluding hydrogens is 296 g/mol. The number of benzene rings is 1. The molecule has 2 aromatic rings. The van der Waals surface area contributed by atoms with E-state index in [4.69, 9.17) is 5.11 Å². The number of hydrogen-bond acceptors (Lipinski definition) is 3. The number of rotatable bonds is 3. The molecule has 114 valence electrons. The van der Waals surface area contributed by atoms with Gasteiger partial charge >= 0.3 is 6.16 Å². The van der Waals surface area contributed by atoms with Crippen molar-refractivity contribution in [3.63, 3.8) is 0 Å². The van der Waals surface area contributed by atoms with Crippen LogP contribution in [-0.2, 0) is 0 Å². The topological polar surface area (TPSA) is 68.5 Å². The number of pyridine rings is 1. The third-order valence-electron chi connectivity index (χ3n) is 3.55. The van der Waals surface area contributed by atoms with Crippen molar-refractivity contribution in [1.82, 2.24) is 4.57 Å². The molecule has 0 spiro atoms. The van der Waals surface area contributed by atoms with Gasteiger partial charge in [-0.05, 0) is 18.9 Å². The molecule has 0 aliphatic heterocycles. The summed E-state index contributed by atoms with van der Waals surface area (Å²) in [6.07, 6.45) is 2.29. The molecule has 5 nitrogen and oxygen atoms in total. The molecule has 1 N–H and O–H groups in total. The molecule has 3 rings (SSSR count). The van der Waals surface area contributed by atoms with E-state index in [1.54, 1.807) is 4.57 Å². The highest BCUT2D eigenvalue weighted by molar-refractivity contribution is 5.89. The largest absolute Gasteiger partial charge is 0.511 e. The number of nitrogens with zero attached hydrogens (tertiary/aromatic N) is 1. The average Bonchev–Trinajstić information content (AvgIpc) is 3.28. The SMILES string of the molecule is C=Cc1c(F)c(F)cc2c(=O)c(OC(=O)O)cn(C3CC3)c12. The first-order valence-corrected chi connectivity index (χ1v) is 6.54. The predicted molar refractivity (Wildman–Crippen MR) is 75.1 cm³/mol. The summed E-state index contributed by atoms with van der Waals surface area (Å²) in [5, 5.41) is 8.55. The Morgan fingerprint density at radius 2 is 2.14 bits per heavy atom. The van der Waals surface area contributed by atoms with Crippen LogP contribution in [0, 0.1) is 11.6 Å². The fraction of sp³-hybridized carbons (Fsp3) is 0.200. The predicted octanol–water partition coefficient (Wildman–Crippen LogP) is 3.31. The lowest BCUT2D eigenvalue weighted by atomic mass is 10.1. The zero-order valence-electron chi connectivity index (χ0n) is 11.3. The van der Waals surface area contributed by atoms with Crippen LogP contribution in [0.5, 0.6) is 5.75 Å². The van der Waals surface area contributed by atoms with Gasteiger partial charge in [-0.1, -0.05) is 12.7 Å². The molecule has 1 aromatic carbocycles. The van der Waals surface area contributed by atoms with Gasteiger partial charge in [-0.15, -0.1) is 0 Å². The number of carboxylic acid groups (broad SMARTS) is 1. The van der Waals surface area contributed by atoms with Gasteiger partial charge in [0.15, 0.2) is 17.4 Å². The van der Waals surface area contributed by atoms with Crippen molar-refractivity contribution in [2.75, 3.05) is 0 Å². The van der Waals surface area contributed by atoms with Gasteiger partial charge < -0.3 is 14.4 Å². The first-order valence-electron chi connectivity index (χ1n) is 6.54. The molecule has 0 unspecified atom stereocenters. The van der Waals surface area contributed by atoms with E-state index in [-0.39, 0.29) is 22.5 Å². The van der Waals surface area contributed by atoms with Crippen molar-refractivity contribution in [2.45, 2.75) is 18.9 Å². The highest BCUT2D eigenvalue weighted by Crippen LogP contribution is 2.39. The van der Waals surface area contributed by atoms with E-state index in [0.29, 0.717) is 0 Å². The maximum Gasteiger partial charge on any atom is 0.511 e. The van der Waals surface area contributed by atoms with E-state index < -0.39 is 29.0 Å². The Bertz CT molecular complexity index is 868. The van der Waals surface area contributed by atoms with E-state index in [1.807, 2.05) is 0 Å². The molecule has 1 aliphatic carbocycles. The Morgan fingerprint density at radius 3 is 2.68 bits per heavy atom. The lowest BCUT2D eigenvalue weighted by molar-refractivity contribution is 0.143. The first kappa shape index (κ1) is 14.2. The second-order valence-corrected chi connectivity index (χ2v) is 5.02. The maximum atomic E-state index is 14.0. The molecule has 0 bridgehead atoms. The summed E-state index contributed by atoms with van der Waals surface area (Å²) >= 11 is 0. The molecule has 1 heterocycles. The third-order valence-corrected chi connectivity index (χ3v) is 3.55. The second-order valence-electron chi connectivity index (χ2n) is 5.02. The van der Waals surface area contributed by atoms with E-state index in [2.05, 4.69) is 11.3 Å². The number of aromatic nitrogens is 1. The molecule has 1 aromatic heterocycles. The number of carbonyl (C=O) groups is 1. The van der Waals surface area contributed by atoms with Crippen LogP contribution in [0.4, 0.5) is 13.6 Å². The standard InChI is InChI=1S/C15H11F2NO4/c1-2-8-12(17)10(16)5-9-13(8)18(7-3-4-7)6-11(14(9)19)22-15(20)21/h2,5-7H,1,3-4H2,(H,20,21). The van der Waals surface area contributed by atoms with Gasteiger partial charge in [-0.25, -0.2) is 13.6 Å². The van der Waals surface area contributed by atoms with E-state index in [9.17, 15) is 18.4 Å². The number of fused-ring (bicyclic) bond motifs is 1. The average molecular weight is 307 g/mol. The Kier molecular flexibility index (Phi) is 3.20. The minimum absolute atomic E-state index is 0.0113. The molecule has 0 radical (unpaired) electrons. The molecule has 1 saturated carbocycles. The zero-order valence-corrected chi connectivity index (χ0v) is 11.3. The summed E-state index contributed by atoms with van der Waals surface area (Å²) < 4.78 is 33.6. The van der Waals surface area contributed by atoms with Gasteiger partial charge in [0.2, 0.25) is 5.43 Å². The van der Waals surface area contributed by atoms with Crippen molar-refractivity contribution < 1.29 is 23.4 Å². The van der Waals surface area contributed by atoms with Crippen LogP contribution < -0.4 is 10.2 Å². The summed E-state index contributed by atoms with van der Waals surface area (Å²) in [6, 6.07) is 0.746. The van der Waals surface area contributed by atoms with Crippen LogP contribution in [0.1, 0.15) is 24.4 Å². The fourth-order valence-corrected chi connectivity index (χ4v) is 2.46. The highest BCUT2D eigenvalue weighted by Gasteiger charge is 2.28. The van der Waals surface area contributed by atoms with Crippen molar-refractivity contribution in [3.8, 4) is 5.75 Å². The van der Waals surface area contributed by atoms with Gasteiger partial charge in [0, 0.05) is 11.6 Å². The lowest BCUT2D eigenvalue weighted by Gasteiger charge is -2.15. The molecule has 0 amide bonds. The van der Waals surface area contributed by atoms with Crippen LogP contribution in [0.15, 0.2) is 23.6 Å². The number of ether oxygens (including phenoxy) is 1. The first-order chi connectivity index (χ1) is 10.4. The van der Waals surface area contributed by atoms with Gasteiger partial charge in [0.1, 0.15) is 0 Å². The van der Waals surface area contributed by atoms with Gasteiger partial charge in [0.25, 0.3) is 0 Å². The van der Waals surface area contributed by atoms with Crippen LogP contribution in [-0.4, -0.2) is 15.8 Å². The molecule has 1 aliphatic rings. The van der Waals surface area contributed by atoms with Crippen LogP contribution in [0.25, 0.3) is 17.0 Å². The third kappa shape index (κ3) is 2.14. The van der Waals surface area contributed by atoms with Crippen molar-refractivity contribution >= 4 is 23.1 Å². The highest BCUT2D eigenvalue weighted by atomic mass is 19.2. The van der Waals surface area contributed by atoms with Crippen molar-refractivity contribution in [1.29, 1.82) is 0 Å². The minimum Gasteiger partial charge on any atom is -0.449 e. The number of hydrogen-bond donors (Lipinski definition) is 1. The summed E-state index contributed by atoms with van der Waals surface area (Å²) in [6.45, 7) is 3.46. The Balaban J connectivity index is 2.44. The fourth-order valence-electron chi connectivity index (χ4n) is 2.46. The minimum atomic E-state index is -1.65. The van der Waals surface area contributed by atoms with Gasteiger partial charge in [0.05, 0.1) is 17.1 Å². The van der Waals surface area contributed by atoms with E-state index in [0.717, 1.165) is 25.0 Å². The Labute approximate surface area is 123 Å². The van der Waals surface area contributed by atoms with Gasteiger partial charge in [-0.3, -0.25) is 4.79 Å². The van der Waals surface area contributed by atoms with Crippen LogP contribution in [0.2, 0.25) is 0 Å². The molecule has 0 atom stereocenters. The summed E-state index contributed by atoms with van der Waals surface area (Å²) in [5.74, 6) is -2.73. The van der Waals surface area contributed by atoms with Gasteiger partial charge in [-0.2, -0.15) is 0 Å². The summed E-state index contributed by atoms with van der Waals surface area (Å²) in [7, 11) is 0. The van der Waals surface area contributed by atoms with Crippen LogP contribution >= 0.6 is 0 Å². The molecule has 22 heavy (non-hydrogen) atoms. The normalized spacial score (nSPS) is 14.1. The molecular formula is C15H11F2NO4. The maximum absolute atomic E-state index is 14.0. The smallest absolute Gasteiger partial charge is 0.449 e. The second kappa shape index (κ2) is 4.94. The molecule has 1 fully saturated rings. The molecule has 0 saturated heterocycles. The van der Waals surface area contributed by atoms with Crippen molar-refractivity contribution in [2.24, 2.45) is 0 Å². The summed E-state index contributed by atoms with van der Waals surface area (Å²) in [4.78, 5) is 22.9.